The number of nitrogens with zero attached hydrogens (tertiary/aromatic N) is 1. The first-order valence-electron chi connectivity index (χ1n) is 12.9. The summed E-state index contributed by atoms with van der Waals surface area (Å²) in [5.74, 6) is -0.928. The Hall–Kier alpha value is -4.72. The maximum atomic E-state index is 13.4. The molecule has 1 fully saturated rings. The number of benzene rings is 3. The number of ether oxygens (including phenoxy) is 2. The molecule has 39 heavy (non-hydrogen) atoms. The summed E-state index contributed by atoms with van der Waals surface area (Å²) < 4.78 is 11.1. The zero-order valence-corrected chi connectivity index (χ0v) is 21.8. The van der Waals surface area contributed by atoms with Crippen molar-refractivity contribution >= 4 is 28.4 Å². The number of carbonyl (C=O) groups is 2. The fourth-order valence-electron chi connectivity index (χ4n) is 5.04. The highest BCUT2D eigenvalue weighted by molar-refractivity contribution is 6.46. The summed E-state index contributed by atoms with van der Waals surface area (Å²) in [5.41, 5.74) is 2.92. The van der Waals surface area contributed by atoms with Crippen LogP contribution >= 0.6 is 0 Å². The topological polar surface area (TPSA) is 112 Å². The number of H-pyrrole nitrogens is 1. The molecule has 0 saturated carbocycles. The van der Waals surface area contributed by atoms with Crippen molar-refractivity contribution in [2.45, 2.75) is 26.3 Å². The minimum atomic E-state index is -0.874. The lowest BCUT2D eigenvalue weighted by atomic mass is 9.94. The van der Waals surface area contributed by atoms with Crippen molar-refractivity contribution < 1.29 is 29.3 Å². The quantitative estimate of drug-likeness (QED) is 0.154. The van der Waals surface area contributed by atoms with Gasteiger partial charge in [-0.15, -0.1) is 0 Å². The third-order valence-electron chi connectivity index (χ3n) is 6.88. The van der Waals surface area contributed by atoms with E-state index < -0.39 is 17.7 Å². The normalized spacial score (nSPS) is 16.7. The zero-order chi connectivity index (χ0) is 27.5. The summed E-state index contributed by atoms with van der Waals surface area (Å²) in [6.07, 6.45) is 2.40. The van der Waals surface area contributed by atoms with Gasteiger partial charge in [0.2, 0.25) is 0 Å². The van der Waals surface area contributed by atoms with Gasteiger partial charge in [-0.1, -0.05) is 24.3 Å². The van der Waals surface area contributed by atoms with Crippen LogP contribution in [0.25, 0.3) is 16.7 Å². The molecule has 200 valence electrons. The van der Waals surface area contributed by atoms with Crippen LogP contribution in [-0.4, -0.2) is 51.5 Å². The second-order valence-electron chi connectivity index (χ2n) is 9.22. The second kappa shape index (κ2) is 10.9. The summed E-state index contributed by atoms with van der Waals surface area (Å²) in [5, 5.41) is 22.7. The molecule has 1 saturated heterocycles. The van der Waals surface area contributed by atoms with E-state index in [9.17, 15) is 19.8 Å². The molecule has 8 nitrogen and oxygen atoms in total. The van der Waals surface area contributed by atoms with Crippen LogP contribution < -0.4 is 9.47 Å². The van der Waals surface area contributed by atoms with Gasteiger partial charge in [-0.05, 0) is 73.9 Å². The Kier molecular flexibility index (Phi) is 7.27. The summed E-state index contributed by atoms with van der Waals surface area (Å²) >= 11 is 0. The molecule has 5 rings (SSSR count). The van der Waals surface area contributed by atoms with Crippen molar-refractivity contribution in [2.24, 2.45) is 0 Å². The van der Waals surface area contributed by atoms with E-state index in [1.54, 1.807) is 43.3 Å². The van der Waals surface area contributed by atoms with E-state index in [4.69, 9.17) is 9.47 Å². The van der Waals surface area contributed by atoms with Crippen LogP contribution in [0, 0.1) is 0 Å². The number of aromatic amines is 1. The number of aromatic hydroxyl groups is 1. The molecule has 4 aromatic rings. The van der Waals surface area contributed by atoms with Crippen LogP contribution in [0.5, 0.6) is 17.2 Å². The lowest BCUT2D eigenvalue weighted by Crippen LogP contribution is -2.31. The molecule has 0 spiro atoms. The summed E-state index contributed by atoms with van der Waals surface area (Å²) in [6.45, 7) is 4.73. The van der Waals surface area contributed by atoms with Crippen LogP contribution in [0.1, 0.15) is 36.6 Å². The van der Waals surface area contributed by atoms with Crippen molar-refractivity contribution in [1.82, 2.24) is 9.88 Å². The number of rotatable bonds is 9. The van der Waals surface area contributed by atoms with Gasteiger partial charge in [0.25, 0.3) is 11.7 Å². The maximum Gasteiger partial charge on any atom is 0.295 e. The Morgan fingerprint density at radius 2 is 1.72 bits per heavy atom. The first kappa shape index (κ1) is 25.9. The van der Waals surface area contributed by atoms with E-state index in [-0.39, 0.29) is 29.4 Å². The van der Waals surface area contributed by atoms with E-state index in [1.807, 2.05) is 37.4 Å². The van der Waals surface area contributed by atoms with Gasteiger partial charge in [-0.3, -0.25) is 9.59 Å². The van der Waals surface area contributed by atoms with E-state index in [0.717, 1.165) is 16.5 Å². The van der Waals surface area contributed by atoms with Gasteiger partial charge in [0.1, 0.15) is 11.5 Å². The Balaban J connectivity index is 1.57. The molecule has 1 aliphatic rings. The molecule has 3 aromatic carbocycles. The number of para-hydroxylation sites is 1. The van der Waals surface area contributed by atoms with E-state index >= 15 is 0 Å². The average molecular weight is 527 g/mol. The molecule has 1 aromatic heterocycles. The number of phenols is 1. The van der Waals surface area contributed by atoms with Crippen LogP contribution in [0.3, 0.4) is 0 Å². The van der Waals surface area contributed by atoms with Crippen molar-refractivity contribution in [1.29, 1.82) is 0 Å². The Morgan fingerprint density at radius 3 is 2.46 bits per heavy atom. The third-order valence-corrected chi connectivity index (χ3v) is 6.88. The largest absolute Gasteiger partial charge is 0.507 e. The van der Waals surface area contributed by atoms with E-state index in [2.05, 4.69) is 4.98 Å². The zero-order valence-electron chi connectivity index (χ0n) is 21.8. The van der Waals surface area contributed by atoms with Crippen LogP contribution in [0.15, 0.2) is 78.5 Å². The van der Waals surface area contributed by atoms with Crippen molar-refractivity contribution in [3.05, 3.63) is 95.2 Å². The number of fused-ring (bicyclic) bond motifs is 1. The Morgan fingerprint density at radius 1 is 0.974 bits per heavy atom. The number of carbonyl (C=O) groups excluding carboxylic acids is 2. The Bertz CT molecular complexity index is 1550. The number of hydrogen-bond donors (Lipinski definition) is 3. The fourth-order valence-corrected chi connectivity index (χ4v) is 5.04. The smallest absolute Gasteiger partial charge is 0.295 e. The monoisotopic (exact) mass is 526 g/mol. The lowest BCUT2D eigenvalue weighted by Gasteiger charge is -2.26. The highest BCUT2D eigenvalue weighted by Crippen LogP contribution is 2.42. The van der Waals surface area contributed by atoms with Gasteiger partial charge in [0.05, 0.1) is 24.8 Å². The molecular weight excluding hydrogens is 496 g/mol. The molecule has 1 atom stereocenters. The summed E-state index contributed by atoms with van der Waals surface area (Å²) in [4.78, 5) is 31.5. The number of phenolic OH excluding ortho intramolecular Hbond substituents is 1. The number of hydrogen-bond acceptors (Lipinski definition) is 6. The first-order chi connectivity index (χ1) is 18.9. The molecule has 0 bridgehead atoms. The minimum absolute atomic E-state index is 0.0174. The summed E-state index contributed by atoms with van der Waals surface area (Å²) in [7, 11) is 0. The van der Waals surface area contributed by atoms with Gasteiger partial charge in [-0.25, -0.2) is 0 Å². The van der Waals surface area contributed by atoms with Gasteiger partial charge < -0.3 is 29.6 Å². The van der Waals surface area contributed by atoms with E-state index in [1.165, 1.54) is 11.0 Å². The number of Topliss-reactive ketones (excluding diaryl/α,β-unsaturated/α-hetero) is 1. The first-order valence-corrected chi connectivity index (χ1v) is 12.9. The number of aliphatic hydroxyl groups is 1. The minimum Gasteiger partial charge on any atom is -0.507 e. The number of likely N-dealkylation sites (tertiary alicyclic amines) is 1. The molecule has 0 unspecified atom stereocenters. The molecule has 1 amide bonds. The Labute approximate surface area is 226 Å². The van der Waals surface area contributed by atoms with Crippen LogP contribution in [0.2, 0.25) is 0 Å². The summed E-state index contributed by atoms with van der Waals surface area (Å²) in [6, 6.07) is 18.4. The number of aromatic nitrogens is 1. The highest BCUT2D eigenvalue weighted by Gasteiger charge is 2.46. The number of nitrogens with one attached hydrogen (secondary N) is 1. The van der Waals surface area contributed by atoms with Crippen LogP contribution in [0.4, 0.5) is 0 Å². The standard InChI is InChI=1S/C31H30N2O6/c1-3-38-22-12-9-19(10-13-22)29(35)27-28(20-11-14-25(34)26(17-20)39-4-2)33(31(37)30(27)36)16-15-21-18-32-24-8-6-5-7-23(21)24/h5-14,17-18,28,32,34-35H,3-4,15-16H2,1-2H3/t28-/m1/s1. The molecule has 2 heterocycles. The molecule has 3 N–H and O–H groups in total. The fraction of sp³-hybridized carbons (Fsp3) is 0.226. The highest BCUT2D eigenvalue weighted by atomic mass is 16.5. The molecule has 1 aliphatic heterocycles. The van der Waals surface area contributed by atoms with Gasteiger partial charge in [0.15, 0.2) is 11.5 Å². The third kappa shape index (κ3) is 4.93. The van der Waals surface area contributed by atoms with Gasteiger partial charge >= 0.3 is 0 Å². The SMILES string of the molecule is CCOc1ccc(C(O)=C2C(=O)C(=O)N(CCc3c[nH]c4ccccc34)[C@@H]2c2ccc(O)c(OCC)c2)cc1. The van der Waals surface area contributed by atoms with Crippen molar-refractivity contribution in [2.75, 3.05) is 19.8 Å². The molecule has 8 heteroatoms. The number of amides is 1. The van der Waals surface area contributed by atoms with Crippen molar-refractivity contribution in [3.8, 4) is 17.2 Å². The van der Waals surface area contributed by atoms with Gasteiger partial charge in [-0.2, -0.15) is 0 Å². The van der Waals surface area contributed by atoms with Gasteiger partial charge in [0, 0.05) is 29.2 Å². The van der Waals surface area contributed by atoms with Crippen LogP contribution in [-0.2, 0) is 16.0 Å². The molecule has 0 aliphatic carbocycles. The lowest BCUT2D eigenvalue weighted by molar-refractivity contribution is -0.139. The predicted molar refractivity (Wildman–Crippen MR) is 148 cm³/mol. The van der Waals surface area contributed by atoms with E-state index in [0.29, 0.717) is 36.5 Å². The van der Waals surface area contributed by atoms with Crippen molar-refractivity contribution in [3.63, 3.8) is 0 Å². The number of ketones is 1. The average Bonchev–Trinajstić information content (AvgIpc) is 3.47. The predicted octanol–water partition coefficient (Wildman–Crippen LogP) is 5.34. The molecular formula is C31H30N2O6. The maximum absolute atomic E-state index is 13.4. The number of aliphatic hydroxyl groups excluding tert-OH is 1. The second-order valence-corrected chi connectivity index (χ2v) is 9.22. The molecule has 0 radical (unpaired) electrons.